The van der Waals surface area contributed by atoms with Gasteiger partial charge < -0.3 is 11.1 Å². The molecule has 4 rings (SSSR count). The number of pyridine rings is 1. The van der Waals surface area contributed by atoms with E-state index >= 15 is 0 Å². The molecular weight excluding hydrogens is 412 g/mol. The maximum absolute atomic E-state index is 12.9. The zero-order chi connectivity index (χ0) is 22.3. The zero-order valence-electron chi connectivity index (χ0n) is 17.9. The van der Waals surface area contributed by atoms with Crippen LogP contribution < -0.4 is 11.1 Å². The number of hydrogen-bond acceptors (Lipinski definition) is 6. The molecule has 0 saturated heterocycles. The molecule has 31 heavy (non-hydrogen) atoms. The Morgan fingerprint density at radius 3 is 2.87 bits per heavy atom. The van der Waals surface area contributed by atoms with E-state index in [9.17, 15) is 14.9 Å². The van der Waals surface area contributed by atoms with Crippen molar-refractivity contribution in [3.8, 4) is 0 Å². The normalized spacial score (nSPS) is 16.2. The van der Waals surface area contributed by atoms with Crippen LogP contribution in [-0.4, -0.2) is 15.8 Å². The van der Waals surface area contributed by atoms with E-state index in [0.717, 1.165) is 41.6 Å². The Kier molecular flexibility index (Phi) is 5.43. The highest BCUT2D eigenvalue weighted by Crippen LogP contribution is 2.42. The molecule has 0 bridgehead atoms. The van der Waals surface area contributed by atoms with Crippen LogP contribution in [0.15, 0.2) is 30.3 Å². The van der Waals surface area contributed by atoms with Crippen molar-refractivity contribution in [2.75, 3.05) is 11.1 Å². The highest BCUT2D eigenvalue weighted by molar-refractivity contribution is 7.21. The number of non-ortho nitro benzene ring substituents is 1. The summed E-state index contributed by atoms with van der Waals surface area (Å²) in [5, 5.41) is 14.5. The average molecular weight is 439 g/mol. The van der Waals surface area contributed by atoms with Gasteiger partial charge in [0.05, 0.1) is 10.6 Å². The number of hydrogen-bond donors (Lipinski definition) is 2. The molecule has 0 spiro atoms. The number of anilines is 2. The number of carbonyl (C=O) groups excluding carboxylic acids is 1. The third kappa shape index (κ3) is 3.99. The van der Waals surface area contributed by atoms with E-state index in [0.29, 0.717) is 22.2 Å². The van der Waals surface area contributed by atoms with Gasteiger partial charge in [0.15, 0.2) is 0 Å². The second-order valence-electron chi connectivity index (χ2n) is 8.84. The molecule has 1 aromatic carbocycles. The number of rotatable bonds is 5. The molecule has 0 aliphatic heterocycles. The smallest absolute Gasteiger partial charge is 0.271 e. The van der Waals surface area contributed by atoms with E-state index < -0.39 is 4.92 Å². The van der Waals surface area contributed by atoms with Crippen LogP contribution in [0.4, 0.5) is 17.1 Å². The lowest BCUT2D eigenvalue weighted by molar-refractivity contribution is -0.384. The molecule has 0 radical (unpaired) electrons. The molecule has 1 atom stereocenters. The summed E-state index contributed by atoms with van der Waals surface area (Å²) >= 11 is 1.26. The SMILES string of the molecule is CCC(C)(C)C1CCc2nc3sc(C(=O)Nc4cccc([N+](=O)[O-])c4)c(N)c3cc2C1. The maximum Gasteiger partial charge on any atom is 0.271 e. The minimum atomic E-state index is -0.495. The first-order chi connectivity index (χ1) is 14.7. The lowest BCUT2D eigenvalue weighted by Gasteiger charge is -2.36. The van der Waals surface area contributed by atoms with Crippen molar-refractivity contribution in [1.29, 1.82) is 0 Å². The van der Waals surface area contributed by atoms with E-state index in [4.69, 9.17) is 10.7 Å². The first-order valence-electron chi connectivity index (χ1n) is 10.5. The number of nitrogens with one attached hydrogen (secondary N) is 1. The summed E-state index contributed by atoms with van der Waals surface area (Å²) < 4.78 is 0. The lowest BCUT2D eigenvalue weighted by Crippen LogP contribution is -2.29. The largest absolute Gasteiger partial charge is 0.397 e. The Balaban J connectivity index is 1.63. The maximum atomic E-state index is 12.9. The Morgan fingerprint density at radius 1 is 1.39 bits per heavy atom. The van der Waals surface area contributed by atoms with Crippen LogP contribution in [0.25, 0.3) is 10.2 Å². The second-order valence-corrected chi connectivity index (χ2v) is 9.83. The van der Waals surface area contributed by atoms with E-state index in [2.05, 4.69) is 32.2 Å². The van der Waals surface area contributed by atoms with Crippen LogP contribution in [0.5, 0.6) is 0 Å². The number of nitro groups is 1. The predicted octanol–water partition coefficient (Wildman–Crippen LogP) is 5.58. The van der Waals surface area contributed by atoms with Gasteiger partial charge in [-0.25, -0.2) is 4.98 Å². The number of benzene rings is 1. The summed E-state index contributed by atoms with van der Waals surface area (Å²) in [7, 11) is 0. The summed E-state index contributed by atoms with van der Waals surface area (Å²) in [6.45, 7) is 6.88. The molecule has 162 valence electrons. The molecule has 2 heterocycles. The van der Waals surface area contributed by atoms with Gasteiger partial charge in [0.1, 0.15) is 9.71 Å². The fourth-order valence-electron chi connectivity index (χ4n) is 4.20. The first kappa shape index (κ1) is 21.2. The predicted molar refractivity (Wildman–Crippen MR) is 125 cm³/mol. The molecule has 1 amide bonds. The van der Waals surface area contributed by atoms with Crippen LogP contribution in [-0.2, 0) is 12.8 Å². The number of nitrogen functional groups attached to an aromatic ring is 1. The van der Waals surface area contributed by atoms with Gasteiger partial charge in [-0.3, -0.25) is 14.9 Å². The number of nitrogens with zero attached hydrogens (tertiary/aromatic N) is 2. The minimum Gasteiger partial charge on any atom is -0.397 e. The number of nitro benzene ring substituents is 1. The highest BCUT2D eigenvalue weighted by atomic mass is 32.1. The summed E-state index contributed by atoms with van der Waals surface area (Å²) in [6, 6.07) is 7.96. The van der Waals surface area contributed by atoms with Gasteiger partial charge >= 0.3 is 0 Å². The van der Waals surface area contributed by atoms with Crippen molar-refractivity contribution >= 4 is 44.5 Å². The molecular formula is C23H26N4O3S. The molecule has 0 fully saturated rings. The third-order valence-corrected chi connectivity index (χ3v) is 7.74. The topological polar surface area (TPSA) is 111 Å². The van der Waals surface area contributed by atoms with Gasteiger partial charge in [-0.15, -0.1) is 11.3 Å². The molecule has 0 saturated carbocycles. The van der Waals surface area contributed by atoms with Crippen molar-refractivity contribution in [2.45, 2.75) is 46.5 Å². The van der Waals surface area contributed by atoms with Crippen LogP contribution in [0.1, 0.15) is 54.5 Å². The van der Waals surface area contributed by atoms with Crippen LogP contribution in [0, 0.1) is 21.4 Å². The quantitative estimate of drug-likeness (QED) is 0.399. The molecule has 1 aliphatic rings. The van der Waals surface area contributed by atoms with Crippen LogP contribution in [0.3, 0.4) is 0 Å². The number of carbonyl (C=O) groups is 1. The first-order valence-corrected chi connectivity index (χ1v) is 11.3. The number of aromatic nitrogens is 1. The number of nitrogens with two attached hydrogens (primary N) is 1. The van der Waals surface area contributed by atoms with Gasteiger partial charge in [-0.1, -0.05) is 33.3 Å². The zero-order valence-corrected chi connectivity index (χ0v) is 18.7. The Labute approximate surface area is 184 Å². The number of amides is 1. The Bertz CT molecular complexity index is 1190. The van der Waals surface area contributed by atoms with Crippen molar-refractivity contribution < 1.29 is 9.72 Å². The molecule has 3 aromatic rings. The number of fused-ring (bicyclic) bond motifs is 2. The monoisotopic (exact) mass is 438 g/mol. The Morgan fingerprint density at radius 2 is 2.16 bits per heavy atom. The molecule has 3 N–H and O–H groups in total. The fraction of sp³-hybridized carbons (Fsp3) is 0.391. The van der Waals surface area contributed by atoms with Crippen molar-refractivity contribution in [3.63, 3.8) is 0 Å². The van der Waals surface area contributed by atoms with Gasteiger partial charge in [-0.05, 0) is 48.3 Å². The van der Waals surface area contributed by atoms with Gasteiger partial charge in [0.2, 0.25) is 0 Å². The molecule has 1 unspecified atom stereocenters. The summed E-state index contributed by atoms with van der Waals surface area (Å²) in [5.41, 5.74) is 9.63. The standard InChI is InChI=1S/C23H26N4O3S/c1-4-23(2,3)14-8-9-18-13(10-14)11-17-19(24)20(31-22(17)26-18)21(28)25-15-6-5-7-16(12-15)27(29)30/h5-7,11-12,14H,4,8-10,24H2,1-3H3,(H,25,28). The summed E-state index contributed by atoms with van der Waals surface area (Å²) in [6.07, 6.45) is 4.16. The minimum absolute atomic E-state index is 0.0824. The van der Waals surface area contributed by atoms with Crippen molar-refractivity contribution in [3.05, 3.63) is 56.6 Å². The van der Waals surface area contributed by atoms with E-state index in [1.807, 2.05) is 0 Å². The van der Waals surface area contributed by atoms with Crippen LogP contribution in [0.2, 0.25) is 0 Å². The fourth-order valence-corrected chi connectivity index (χ4v) is 5.19. The van der Waals surface area contributed by atoms with E-state index in [-0.39, 0.29) is 17.0 Å². The summed E-state index contributed by atoms with van der Waals surface area (Å²) in [4.78, 5) is 29.3. The molecule has 2 aromatic heterocycles. The van der Waals surface area contributed by atoms with E-state index in [1.54, 1.807) is 6.07 Å². The molecule has 8 heteroatoms. The van der Waals surface area contributed by atoms with E-state index in [1.165, 1.54) is 35.1 Å². The Hall–Kier alpha value is -3.00. The average Bonchev–Trinajstić information content (AvgIpc) is 3.07. The van der Waals surface area contributed by atoms with Gasteiger partial charge in [0, 0.05) is 28.9 Å². The van der Waals surface area contributed by atoms with Crippen LogP contribution >= 0.6 is 11.3 Å². The second kappa shape index (κ2) is 7.92. The lowest BCUT2D eigenvalue weighted by atomic mass is 9.69. The van der Waals surface area contributed by atoms with Crippen molar-refractivity contribution in [1.82, 2.24) is 4.98 Å². The van der Waals surface area contributed by atoms with Gasteiger partial charge in [-0.2, -0.15) is 0 Å². The van der Waals surface area contributed by atoms with Crippen molar-refractivity contribution in [2.24, 2.45) is 11.3 Å². The summed E-state index contributed by atoms with van der Waals surface area (Å²) in [5.74, 6) is 0.213. The highest BCUT2D eigenvalue weighted by Gasteiger charge is 2.32. The number of aryl methyl sites for hydroxylation is 1. The third-order valence-electron chi connectivity index (χ3n) is 6.62. The van der Waals surface area contributed by atoms with Gasteiger partial charge in [0.25, 0.3) is 11.6 Å². The molecule has 1 aliphatic carbocycles. The number of thiophene rings is 1. The molecule has 7 nitrogen and oxygen atoms in total.